The number of hydrogen-bond acceptors (Lipinski definition) is 3. The van der Waals surface area contributed by atoms with Crippen LogP contribution in [0.5, 0.6) is 5.75 Å². The molecular formula is C16H25NO3. The van der Waals surface area contributed by atoms with Gasteiger partial charge < -0.3 is 14.7 Å². The van der Waals surface area contributed by atoms with Crippen LogP contribution in [0, 0.1) is 0 Å². The van der Waals surface area contributed by atoms with Gasteiger partial charge in [0.25, 0.3) is 0 Å². The fourth-order valence-electron chi connectivity index (χ4n) is 2.13. The van der Waals surface area contributed by atoms with E-state index < -0.39 is 0 Å². The Morgan fingerprint density at radius 1 is 1.40 bits per heavy atom. The van der Waals surface area contributed by atoms with E-state index in [1.165, 1.54) is 0 Å². The van der Waals surface area contributed by atoms with Gasteiger partial charge in [0.05, 0.1) is 7.11 Å². The average Bonchev–Trinajstić information content (AvgIpc) is 2.45. The van der Waals surface area contributed by atoms with E-state index in [1.54, 1.807) is 7.11 Å². The van der Waals surface area contributed by atoms with E-state index in [0.717, 1.165) is 11.3 Å². The normalized spacial score (nSPS) is 10.7. The van der Waals surface area contributed by atoms with Crippen LogP contribution in [0.4, 0.5) is 0 Å². The monoisotopic (exact) mass is 279 g/mol. The molecule has 0 fully saturated rings. The molecule has 1 N–H and O–H groups in total. The molecular weight excluding hydrogens is 254 g/mol. The maximum absolute atomic E-state index is 12.2. The molecule has 1 rings (SSSR count). The molecule has 1 amide bonds. The first-order valence-electron chi connectivity index (χ1n) is 7.11. The predicted molar refractivity (Wildman–Crippen MR) is 79.9 cm³/mol. The Morgan fingerprint density at radius 3 is 2.75 bits per heavy atom. The summed E-state index contributed by atoms with van der Waals surface area (Å²) in [5.41, 5.74) is 1.10. The minimum absolute atomic E-state index is 0.117. The fraction of sp³-hybridized carbons (Fsp3) is 0.562. The summed E-state index contributed by atoms with van der Waals surface area (Å²) in [5, 5.41) is 8.89. The highest BCUT2D eigenvalue weighted by molar-refractivity contribution is 5.76. The quantitative estimate of drug-likeness (QED) is 0.794. The molecule has 0 aliphatic carbocycles. The summed E-state index contributed by atoms with van der Waals surface area (Å²) in [5.74, 6) is 0.951. The highest BCUT2D eigenvalue weighted by Crippen LogP contribution is 2.15. The molecule has 0 atom stereocenters. The molecule has 0 heterocycles. The predicted octanol–water partition coefficient (Wildman–Crippen LogP) is 2.25. The van der Waals surface area contributed by atoms with Gasteiger partial charge in [0.1, 0.15) is 5.75 Å². The Morgan fingerprint density at radius 2 is 2.15 bits per heavy atom. The summed E-state index contributed by atoms with van der Waals surface area (Å²) in [7, 11) is 1.64. The van der Waals surface area contributed by atoms with Crippen LogP contribution in [-0.4, -0.2) is 42.2 Å². The second kappa shape index (κ2) is 8.59. The van der Waals surface area contributed by atoms with Crippen LogP contribution in [0.1, 0.15) is 32.3 Å². The van der Waals surface area contributed by atoms with Crippen molar-refractivity contribution in [3.8, 4) is 5.75 Å². The molecule has 1 aromatic carbocycles. The number of nitrogens with zero attached hydrogens (tertiary/aromatic N) is 1. The van der Waals surface area contributed by atoms with Gasteiger partial charge in [0, 0.05) is 25.6 Å². The Balaban J connectivity index is 2.55. The highest BCUT2D eigenvalue weighted by atomic mass is 16.5. The van der Waals surface area contributed by atoms with Crippen LogP contribution in [-0.2, 0) is 11.2 Å². The van der Waals surface area contributed by atoms with Crippen LogP contribution in [0.15, 0.2) is 24.3 Å². The molecule has 0 aromatic heterocycles. The van der Waals surface area contributed by atoms with E-state index in [9.17, 15) is 4.79 Å². The molecule has 0 radical (unpaired) electrons. The van der Waals surface area contributed by atoms with Crippen molar-refractivity contribution >= 4 is 5.91 Å². The summed E-state index contributed by atoms with van der Waals surface area (Å²) in [6, 6.07) is 7.96. The highest BCUT2D eigenvalue weighted by Gasteiger charge is 2.16. The number of aryl methyl sites for hydroxylation is 1. The topological polar surface area (TPSA) is 49.8 Å². The van der Waals surface area contributed by atoms with Crippen molar-refractivity contribution in [2.45, 2.75) is 39.2 Å². The number of methoxy groups -OCH3 is 1. The maximum Gasteiger partial charge on any atom is 0.223 e. The number of aliphatic hydroxyl groups is 1. The summed E-state index contributed by atoms with van der Waals surface area (Å²) >= 11 is 0. The number of ether oxygens (including phenoxy) is 1. The lowest BCUT2D eigenvalue weighted by Crippen LogP contribution is -2.38. The van der Waals surface area contributed by atoms with Gasteiger partial charge >= 0.3 is 0 Å². The molecule has 112 valence electrons. The first-order chi connectivity index (χ1) is 9.58. The van der Waals surface area contributed by atoms with E-state index in [2.05, 4.69) is 0 Å². The second-order valence-corrected chi connectivity index (χ2v) is 5.11. The molecule has 0 saturated heterocycles. The number of rotatable bonds is 8. The molecule has 0 unspecified atom stereocenters. The van der Waals surface area contributed by atoms with Gasteiger partial charge in [-0.05, 0) is 44.4 Å². The van der Waals surface area contributed by atoms with Gasteiger partial charge in [0.2, 0.25) is 5.91 Å². The molecule has 0 aliphatic rings. The molecule has 4 heteroatoms. The Labute approximate surface area is 121 Å². The molecule has 0 aliphatic heterocycles. The largest absolute Gasteiger partial charge is 0.497 e. The maximum atomic E-state index is 12.2. The second-order valence-electron chi connectivity index (χ2n) is 5.11. The van der Waals surface area contributed by atoms with Gasteiger partial charge in [-0.25, -0.2) is 0 Å². The smallest absolute Gasteiger partial charge is 0.223 e. The number of benzene rings is 1. The third-order valence-corrected chi connectivity index (χ3v) is 3.26. The first-order valence-corrected chi connectivity index (χ1v) is 7.11. The minimum Gasteiger partial charge on any atom is -0.497 e. The zero-order valence-corrected chi connectivity index (χ0v) is 12.6. The Bertz CT molecular complexity index is 418. The van der Waals surface area contributed by atoms with Gasteiger partial charge in [-0.3, -0.25) is 4.79 Å². The Kier molecular flexibility index (Phi) is 7.09. The Hall–Kier alpha value is -1.55. The average molecular weight is 279 g/mol. The van der Waals surface area contributed by atoms with Crippen molar-refractivity contribution in [2.75, 3.05) is 20.3 Å². The summed E-state index contributed by atoms with van der Waals surface area (Å²) < 4.78 is 5.18. The number of hydrogen-bond donors (Lipinski definition) is 1. The van der Waals surface area contributed by atoms with Crippen LogP contribution in [0.25, 0.3) is 0 Å². The summed E-state index contributed by atoms with van der Waals surface area (Å²) in [6.07, 6.45) is 1.82. The van der Waals surface area contributed by atoms with Gasteiger partial charge in [-0.2, -0.15) is 0 Å². The number of aliphatic hydroxyl groups excluding tert-OH is 1. The van der Waals surface area contributed by atoms with Crippen molar-refractivity contribution in [1.82, 2.24) is 4.90 Å². The van der Waals surface area contributed by atoms with Crippen LogP contribution in [0.2, 0.25) is 0 Å². The van der Waals surface area contributed by atoms with Crippen molar-refractivity contribution in [3.05, 3.63) is 29.8 Å². The fourth-order valence-corrected chi connectivity index (χ4v) is 2.13. The van der Waals surface area contributed by atoms with Crippen molar-refractivity contribution < 1.29 is 14.6 Å². The van der Waals surface area contributed by atoms with Crippen LogP contribution in [0.3, 0.4) is 0 Å². The van der Waals surface area contributed by atoms with Crippen molar-refractivity contribution in [1.29, 1.82) is 0 Å². The standard InChI is InChI=1S/C16H25NO3/c1-13(2)17(10-5-11-18)16(19)9-8-14-6-4-7-15(12-14)20-3/h4,6-7,12-13,18H,5,8-11H2,1-3H3. The van der Waals surface area contributed by atoms with E-state index in [0.29, 0.717) is 25.8 Å². The molecule has 0 spiro atoms. The number of amides is 1. The van der Waals surface area contributed by atoms with Gasteiger partial charge in [0.15, 0.2) is 0 Å². The lowest BCUT2D eigenvalue weighted by molar-refractivity contribution is -0.133. The summed E-state index contributed by atoms with van der Waals surface area (Å²) in [4.78, 5) is 14.1. The molecule has 20 heavy (non-hydrogen) atoms. The SMILES string of the molecule is COc1cccc(CCC(=O)N(CCCO)C(C)C)c1. The molecule has 4 nitrogen and oxygen atoms in total. The lowest BCUT2D eigenvalue weighted by Gasteiger charge is -2.26. The lowest BCUT2D eigenvalue weighted by atomic mass is 10.1. The zero-order chi connectivity index (χ0) is 15.0. The van der Waals surface area contributed by atoms with Crippen LogP contribution < -0.4 is 4.74 Å². The van der Waals surface area contributed by atoms with Gasteiger partial charge in [-0.15, -0.1) is 0 Å². The third kappa shape index (κ3) is 5.21. The van der Waals surface area contributed by atoms with Crippen LogP contribution >= 0.6 is 0 Å². The van der Waals surface area contributed by atoms with Gasteiger partial charge in [-0.1, -0.05) is 12.1 Å². The first kappa shape index (κ1) is 16.5. The minimum atomic E-state index is 0.117. The zero-order valence-electron chi connectivity index (χ0n) is 12.6. The van der Waals surface area contributed by atoms with E-state index in [4.69, 9.17) is 9.84 Å². The molecule has 1 aromatic rings. The third-order valence-electron chi connectivity index (χ3n) is 3.26. The number of carbonyl (C=O) groups excluding carboxylic acids is 1. The van der Waals surface area contributed by atoms with E-state index in [1.807, 2.05) is 43.0 Å². The molecule has 0 saturated carbocycles. The number of carbonyl (C=O) groups is 1. The summed E-state index contributed by atoms with van der Waals surface area (Å²) in [6.45, 7) is 4.74. The molecule has 0 bridgehead atoms. The van der Waals surface area contributed by atoms with Crippen molar-refractivity contribution in [2.24, 2.45) is 0 Å². The van der Waals surface area contributed by atoms with E-state index in [-0.39, 0.29) is 18.6 Å². The van der Waals surface area contributed by atoms with E-state index >= 15 is 0 Å². The van der Waals surface area contributed by atoms with Crippen molar-refractivity contribution in [3.63, 3.8) is 0 Å².